The first-order valence-corrected chi connectivity index (χ1v) is 7.71. The molecule has 2 aromatic carbocycles. The number of rotatable bonds is 5. The van der Waals surface area contributed by atoms with E-state index >= 15 is 0 Å². The molecule has 0 bridgehead atoms. The molecule has 4 heteroatoms. The molecule has 2 nitrogen and oxygen atoms in total. The van der Waals surface area contributed by atoms with E-state index < -0.39 is 0 Å². The average molecular weight is 324 g/mol. The highest BCUT2D eigenvalue weighted by Crippen LogP contribution is 2.37. The van der Waals surface area contributed by atoms with Gasteiger partial charge >= 0.3 is 0 Å². The average Bonchev–Trinajstić information content (AvgIpc) is 2.50. The molecule has 0 saturated heterocycles. The van der Waals surface area contributed by atoms with Crippen LogP contribution in [0.15, 0.2) is 36.4 Å². The van der Waals surface area contributed by atoms with Crippen LogP contribution in [0.1, 0.15) is 25.5 Å². The summed E-state index contributed by atoms with van der Waals surface area (Å²) in [6.07, 6.45) is 0. The zero-order valence-electron chi connectivity index (χ0n) is 12.4. The topological polar surface area (TPSA) is 21.3 Å². The Morgan fingerprint density at radius 3 is 2.33 bits per heavy atom. The Morgan fingerprint density at radius 2 is 1.76 bits per heavy atom. The Kier molecular flexibility index (Phi) is 5.51. The van der Waals surface area contributed by atoms with Gasteiger partial charge in [0.15, 0.2) is 0 Å². The fourth-order valence-corrected chi connectivity index (χ4v) is 2.61. The lowest BCUT2D eigenvalue weighted by molar-refractivity contribution is 0.340. The highest BCUT2D eigenvalue weighted by Gasteiger charge is 2.11. The van der Waals surface area contributed by atoms with Crippen LogP contribution in [0.4, 0.5) is 0 Å². The first-order chi connectivity index (χ1) is 10.1. The van der Waals surface area contributed by atoms with E-state index in [9.17, 15) is 0 Å². The van der Waals surface area contributed by atoms with Gasteiger partial charge in [-0.1, -0.05) is 47.5 Å². The first kappa shape index (κ1) is 16.2. The zero-order chi connectivity index (χ0) is 15.4. The number of benzene rings is 2. The predicted octanol–water partition coefficient (Wildman–Crippen LogP) is 5.34. The third-order valence-corrected chi connectivity index (χ3v) is 4.08. The molecule has 1 N–H and O–H groups in total. The molecule has 0 aliphatic carbocycles. The summed E-state index contributed by atoms with van der Waals surface area (Å²) < 4.78 is 5.45. The van der Waals surface area contributed by atoms with Gasteiger partial charge in [0.25, 0.3) is 0 Å². The summed E-state index contributed by atoms with van der Waals surface area (Å²) in [5.41, 5.74) is 3.18. The fraction of sp³-hybridized carbons (Fsp3) is 0.294. The monoisotopic (exact) mass is 323 g/mol. The minimum Gasteiger partial charge on any atom is -0.492 e. The second-order valence-corrected chi connectivity index (χ2v) is 5.64. The predicted molar refractivity (Wildman–Crippen MR) is 90.5 cm³/mol. The van der Waals surface area contributed by atoms with E-state index in [1.54, 1.807) is 6.07 Å². The number of ether oxygens (including phenoxy) is 1. The SMILES string of the molecule is CCOc1cc(Cl)c(-c2ccc(C(C)NC)cc2)cc1Cl. The van der Waals surface area contributed by atoms with Gasteiger partial charge in [0.1, 0.15) is 5.75 Å². The standard InChI is InChI=1S/C17H19Cl2NO/c1-4-21-17-10-15(18)14(9-16(17)19)13-7-5-12(6-8-13)11(2)20-3/h5-11,20H,4H2,1-3H3. The van der Waals surface area contributed by atoms with E-state index in [4.69, 9.17) is 27.9 Å². The molecule has 0 aliphatic heterocycles. The Labute approximate surface area is 136 Å². The van der Waals surface area contributed by atoms with E-state index in [2.05, 4.69) is 36.5 Å². The minimum absolute atomic E-state index is 0.318. The lowest BCUT2D eigenvalue weighted by Crippen LogP contribution is -2.11. The van der Waals surface area contributed by atoms with Gasteiger partial charge in [0.05, 0.1) is 16.7 Å². The van der Waals surface area contributed by atoms with Gasteiger partial charge < -0.3 is 10.1 Å². The summed E-state index contributed by atoms with van der Waals surface area (Å²) in [6.45, 7) is 4.60. The molecule has 0 heterocycles. The van der Waals surface area contributed by atoms with Gasteiger partial charge in [0, 0.05) is 17.7 Å². The maximum absolute atomic E-state index is 6.35. The van der Waals surface area contributed by atoms with Crippen molar-refractivity contribution in [1.29, 1.82) is 0 Å². The molecule has 1 atom stereocenters. The fourth-order valence-electron chi connectivity index (χ4n) is 2.13. The van der Waals surface area contributed by atoms with Gasteiger partial charge in [-0.3, -0.25) is 0 Å². The third-order valence-electron chi connectivity index (χ3n) is 3.48. The van der Waals surface area contributed by atoms with Crippen molar-refractivity contribution in [1.82, 2.24) is 5.32 Å². The van der Waals surface area contributed by atoms with Gasteiger partial charge in [-0.15, -0.1) is 0 Å². The van der Waals surface area contributed by atoms with Crippen LogP contribution < -0.4 is 10.1 Å². The quantitative estimate of drug-likeness (QED) is 0.801. The maximum Gasteiger partial charge on any atom is 0.139 e. The highest BCUT2D eigenvalue weighted by atomic mass is 35.5. The van der Waals surface area contributed by atoms with Gasteiger partial charge in [-0.2, -0.15) is 0 Å². The first-order valence-electron chi connectivity index (χ1n) is 6.96. The van der Waals surface area contributed by atoms with Crippen molar-refractivity contribution in [2.45, 2.75) is 19.9 Å². The molecular formula is C17H19Cl2NO. The summed E-state index contributed by atoms with van der Waals surface area (Å²) >= 11 is 12.6. The van der Waals surface area contributed by atoms with E-state index in [1.165, 1.54) is 5.56 Å². The maximum atomic E-state index is 6.35. The van der Waals surface area contributed by atoms with E-state index in [0.29, 0.717) is 28.4 Å². The summed E-state index contributed by atoms with van der Waals surface area (Å²) in [6, 6.07) is 12.2. The summed E-state index contributed by atoms with van der Waals surface area (Å²) in [5, 5.41) is 4.43. The molecule has 21 heavy (non-hydrogen) atoms. The summed E-state index contributed by atoms with van der Waals surface area (Å²) in [5.74, 6) is 0.619. The molecular weight excluding hydrogens is 305 g/mol. The molecule has 0 fully saturated rings. The van der Waals surface area contributed by atoms with Crippen LogP contribution in [0, 0.1) is 0 Å². The number of hydrogen-bond acceptors (Lipinski definition) is 2. The van der Waals surface area contributed by atoms with Gasteiger partial charge in [-0.05, 0) is 38.1 Å². The van der Waals surface area contributed by atoms with Crippen LogP contribution in [-0.2, 0) is 0 Å². The van der Waals surface area contributed by atoms with E-state index in [1.807, 2.05) is 20.0 Å². The van der Waals surface area contributed by atoms with Crippen molar-refractivity contribution in [3.05, 3.63) is 52.0 Å². The van der Waals surface area contributed by atoms with Crippen molar-refractivity contribution in [3.8, 4) is 16.9 Å². The van der Waals surface area contributed by atoms with Crippen LogP contribution in [-0.4, -0.2) is 13.7 Å². The molecule has 112 valence electrons. The van der Waals surface area contributed by atoms with Gasteiger partial charge in [0.2, 0.25) is 0 Å². The van der Waals surface area contributed by atoms with Crippen LogP contribution in [0.2, 0.25) is 10.0 Å². The minimum atomic E-state index is 0.318. The zero-order valence-corrected chi connectivity index (χ0v) is 13.9. The Balaban J connectivity index is 2.35. The molecule has 0 spiro atoms. The lowest BCUT2D eigenvalue weighted by Gasteiger charge is -2.13. The van der Waals surface area contributed by atoms with Crippen molar-refractivity contribution in [2.24, 2.45) is 0 Å². The smallest absolute Gasteiger partial charge is 0.139 e. The molecule has 2 aromatic rings. The molecule has 1 unspecified atom stereocenters. The van der Waals surface area contributed by atoms with Crippen LogP contribution >= 0.6 is 23.2 Å². The van der Waals surface area contributed by atoms with Gasteiger partial charge in [-0.25, -0.2) is 0 Å². The molecule has 0 aromatic heterocycles. The normalized spacial score (nSPS) is 12.2. The van der Waals surface area contributed by atoms with Crippen LogP contribution in [0.3, 0.4) is 0 Å². The van der Waals surface area contributed by atoms with Crippen molar-refractivity contribution in [2.75, 3.05) is 13.7 Å². The lowest BCUT2D eigenvalue weighted by atomic mass is 10.0. The van der Waals surface area contributed by atoms with Crippen LogP contribution in [0.5, 0.6) is 5.75 Å². The Morgan fingerprint density at radius 1 is 1.10 bits per heavy atom. The number of hydrogen-bond donors (Lipinski definition) is 1. The molecule has 0 aliphatic rings. The van der Waals surface area contributed by atoms with Crippen LogP contribution in [0.25, 0.3) is 11.1 Å². The largest absolute Gasteiger partial charge is 0.492 e. The number of halogens is 2. The van der Waals surface area contributed by atoms with Crippen molar-refractivity contribution < 1.29 is 4.74 Å². The van der Waals surface area contributed by atoms with Crippen molar-refractivity contribution in [3.63, 3.8) is 0 Å². The summed E-state index contributed by atoms with van der Waals surface area (Å²) in [7, 11) is 1.95. The summed E-state index contributed by atoms with van der Waals surface area (Å²) in [4.78, 5) is 0. The van der Waals surface area contributed by atoms with E-state index in [0.717, 1.165) is 11.1 Å². The molecule has 0 saturated carbocycles. The van der Waals surface area contributed by atoms with E-state index in [-0.39, 0.29) is 0 Å². The molecule has 0 amide bonds. The highest BCUT2D eigenvalue weighted by molar-refractivity contribution is 6.36. The van der Waals surface area contributed by atoms with Crippen molar-refractivity contribution >= 4 is 23.2 Å². The Hall–Kier alpha value is -1.22. The second kappa shape index (κ2) is 7.17. The molecule has 2 rings (SSSR count). The second-order valence-electron chi connectivity index (χ2n) is 4.83. The molecule has 0 radical (unpaired) electrons. The third kappa shape index (κ3) is 3.70. The number of nitrogens with one attached hydrogen (secondary N) is 1. The Bertz CT molecular complexity index is 611.